The number of pyridine rings is 8. The third kappa shape index (κ3) is 124. The van der Waals surface area contributed by atoms with Crippen LogP contribution >= 0.6 is 0 Å². The number of carbonyl (C=O) groups excluding carboxylic acids is 2. The Hall–Kier alpha value is -6.17. The maximum Gasteiger partial charge on any atom is 3.00 e. The molecule has 8 aromatic heterocycles. The van der Waals surface area contributed by atoms with Crippen LogP contribution in [-0.2, 0) is 118 Å². The van der Waals surface area contributed by atoms with E-state index in [0.717, 1.165) is 97.9 Å². The van der Waals surface area contributed by atoms with E-state index >= 15 is 0 Å². The van der Waals surface area contributed by atoms with Gasteiger partial charge >= 0.3 is 66.0 Å². The zero-order valence-corrected chi connectivity index (χ0v) is 80.2. The monoisotopic (exact) mass is 2040 g/mol. The second-order valence-electron chi connectivity index (χ2n) is 26.6. The van der Waals surface area contributed by atoms with Crippen LogP contribution in [0.3, 0.4) is 0 Å². The van der Waals surface area contributed by atoms with Gasteiger partial charge in [-0.3, -0.25) is 59.5 Å². The normalized spacial score (nSPS) is 10.3. The third-order valence-electron chi connectivity index (χ3n) is 12.4. The number of aromatic nitrogens is 8. The van der Waals surface area contributed by atoms with E-state index in [9.17, 15) is 0 Å². The largest absolute Gasteiger partial charge is 3.00 e. The zero-order chi connectivity index (χ0) is 96.3. The summed E-state index contributed by atoms with van der Waals surface area (Å²) >= 11 is 0. The van der Waals surface area contributed by atoms with Crippen molar-refractivity contribution in [2.45, 2.75) is 199 Å². The van der Waals surface area contributed by atoms with E-state index in [1.54, 1.807) is 41.5 Å². The summed E-state index contributed by atoms with van der Waals surface area (Å²) in [4.78, 5) is 61.5. The average Bonchev–Trinajstić information content (AvgIpc) is 0.870. The van der Waals surface area contributed by atoms with E-state index in [-0.39, 0.29) is 128 Å². The van der Waals surface area contributed by atoms with E-state index in [2.05, 4.69) is 191 Å². The van der Waals surface area contributed by atoms with Crippen LogP contribution in [0.25, 0.3) is 0 Å². The number of carboxylic acid groups (broad SMARTS) is 4. The molecule has 0 aliphatic rings. The van der Waals surface area contributed by atoms with Crippen LogP contribution in [0.2, 0.25) is 0 Å². The van der Waals surface area contributed by atoms with Crippen molar-refractivity contribution in [1.82, 2.24) is 59.5 Å². The smallest absolute Gasteiger partial charge is 0.652 e. The number of aliphatic hydroxyl groups is 6. The van der Waals surface area contributed by atoms with Crippen LogP contribution in [-0.4, -0.2) is 164 Å². The number of carbonyl (C=O) groups is 2. The summed E-state index contributed by atoms with van der Waals surface area (Å²) in [6, 6.07) is 48.4. The summed E-state index contributed by atoms with van der Waals surface area (Å²) in [5, 5.41) is 78.8. The first-order chi connectivity index (χ1) is 56.2. The van der Waals surface area contributed by atoms with Gasteiger partial charge in [0.1, 0.15) is 0 Å². The molecule has 0 unspecified atom stereocenters. The molecule has 0 aromatic carbocycles. The van der Waals surface area contributed by atoms with Crippen LogP contribution in [0.1, 0.15) is 170 Å². The topological polar surface area (TPSA) is 733 Å². The molecular formula is C78H120Cl4N12Ni4O28+4. The third-order valence-corrected chi connectivity index (χ3v) is 12.4. The van der Waals surface area contributed by atoms with Crippen LogP contribution < -0.4 is 95.0 Å². The zero-order valence-electron chi connectivity index (χ0n) is 73.2. The van der Waals surface area contributed by atoms with Gasteiger partial charge in [-0.05, 0) is 234 Å². The number of nitrogens with zero attached hydrogens (tertiary/aromatic N) is 12. The Balaban J connectivity index is -0.000000117. The van der Waals surface area contributed by atoms with E-state index < -0.39 is 53.3 Å². The Morgan fingerprint density at radius 3 is 0.357 bits per heavy atom. The molecule has 6 N–H and O–H groups in total. The molecule has 4 radical (unpaired) electrons. The molecule has 724 valence electrons. The van der Waals surface area contributed by atoms with Gasteiger partial charge in [0.15, 0.2) is 0 Å². The number of hydrogen-bond donors (Lipinski definition) is 6. The van der Waals surface area contributed by atoms with E-state index in [1.165, 1.54) is 0 Å². The standard InChI is InChI=1S/4C16H21N3.6C2H6O.2CH2O3.4ClHO4.4Ni/c4*1-16(2,3)19(12-14-8-4-6-10-17-14)13-15-9-5-7-11-18-15;6*1-2-3;2*2-1(3)4;4*2-1(3,4)5;;;;/h4*4-11H,12-13H2,1-3H3;6*3H,2H2,1H3;2*(H2,2,3,4);4*(H,2,3,4,5);;;;/q;;;;;;;;;;;;;;;;4*+3/p-8. The van der Waals surface area contributed by atoms with Gasteiger partial charge in [0.2, 0.25) is 0 Å². The summed E-state index contributed by atoms with van der Waals surface area (Å²) in [5.74, 6) is 0. The predicted molar refractivity (Wildman–Crippen MR) is 397 cm³/mol. The Labute approximate surface area is 788 Å². The van der Waals surface area contributed by atoms with Crippen molar-refractivity contribution < 1.29 is 242 Å². The maximum atomic E-state index is 8.49. The van der Waals surface area contributed by atoms with Gasteiger partial charge in [-0.15, -0.1) is 41.0 Å². The van der Waals surface area contributed by atoms with Gasteiger partial charge < -0.3 is 60.7 Å². The van der Waals surface area contributed by atoms with E-state index in [4.69, 9.17) is 135 Å². The van der Waals surface area contributed by atoms with Crippen LogP contribution in [0.15, 0.2) is 195 Å². The first-order valence-corrected chi connectivity index (χ1v) is 41.2. The summed E-state index contributed by atoms with van der Waals surface area (Å²) in [5.41, 5.74) is 9.04. The first kappa shape index (κ1) is 146. The molecule has 8 heterocycles. The van der Waals surface area contributed by atoms with Crippen molar-refractivity contribution in [3.05, 3.63) is 241 Å². The molecule has 0 amide bonds. The Morgan fingerprint density at radius 2 is 0.310 bits per heavy atom. The van der Waals surface area contributed by atoms with Crippen molar-refractivity contribution in [3.8, 4) is 0 Å². The Kier molecular flexibility index (Phi) is 100. The molecule has 0 spiro atoms. The van der Waals surface area contributed by atoms with Gasteiger partial charge in [0.05, 0.1) is 45.6 Å². The van der Waals surface area contributed by atoms with E-state index in [0.29, 0.717) is 0 Å². The summed E-state index contributed by atoms with van der Waals surface area (Å²) in [6.45, 7) is 44.9. The molecule has 0 bridgehead atoms. The summed E-state index contributed by atoms with van der Waals surface area (Å²) in [7, 11) is -19.8. The van der Waals surface area contributed by atoms with Crippen LogP contribution in [0.5, 0.6) is 0 Å². The van der Waals surface area contributed by atoms with Gasteiger partial charge in [-0.25, -0.2) is 74.5 Å². The number of hydrogen-bond acceptors (Lipinski definition) is 40. The second-order valence-corrected chi connectivity index (χ2v) is 29.6. The molecule has 0 atom stereocenters. The second kappa shape index (κ2) is 86.8. The molecule has 8 aromatic rings. The molecule has 48 heteroatoms. The number of halogens is 4. The fraction of sp³-hybridized carbons (Fsp3) is 0.462. The SMILES string of the molecule is CC(C)(C)N(Cc1ccccn1)Cc1ccccn1.CC(C)(C)N(Cc1ccccn1)Cc1ccccn1.CC(C)(C)N(Cc1ccccn1)Cc1ccccn1.CC(C)(C)N(Cc1ccccn1)Cc1ccccn1.CCO.CCO.CCO.CCO.CCO.CCO.O=C([O-])[O-].O=C([O-])[O-].[Ni+3].[Ni+3].[Ni+3].[Ni+3].[O-][Cl+3]([O-])([O-])[O-].[O-][Cl+3]([O-])([O-])[O-].[O-][Cl+3]([O-])([O-])[O-].[O-][Cl+3]([O-])([O-])[O-]. The quantitative estimate of drug-likeness (QED) is 0.0489. The van der Waals surface area contributed by atoms with Crippen LogP contribution in [0.4, 0.5) is 9.59 Å². The molecule has 0 fully saturated rings. The molecule has 0 saturated carbocycles. The van der Waals surface area contributed by atoms with Gasteiger partial charge in [-0.1, -0.05) is 48.5 Å². The van der Waals surface area contributed by atoms with Crippen molar-refractivity contribution in [1.29, 1.82) is 0 Å². The fourth-order valence-electron chi connectivity index (χ4n) is 7.62. The number of rotatable bonds is 16. The molecule has 8 rings (SSSR count). The molecule has 40 nitrogen and oxygen atoms in total. The molecule has 0 aliphatic carbocycles. The fourth-order valence-corrected chi connectivity index (χ4v) is 7.62. The van der Waals surface area contributed by atoms with Crippen molar-refractivity contribution in [2.24, 2.45) is 0 Å². The maximum absolute atomic E-state index is 8.49. The van der Waals surface area contributed by atoms with Crippen molar-refractivity contribution in [2.75, 3.05) is 39.6 Å². The van der Waals surface area contributed by atoms with E-state index in [1.807, 2.05) is 147 Å². The Morgan fingerprint density at radius 1 is 0.238 bits per heavy atom. The molecule has 126 heavy (non-hydrogen) atoms. The first-order valence-electron chi connectivity index (χ1n) is 36.3. The summed E-state index contributed by atoms with van der Waals surface area (Å²) < 4.78 is 136. The molecule has 0 saturated heterocycles. The molecule has 0 aliphatic heterocycles. The predicted octanol–water partition coefficient (Wildman–Crippen LogP) is -10.8. The van der Waals surface area contributed by atoms with Gasteiger partial charge in [0, 0.05) is 164 Å². The number of aliphatic hydroxyl groups excluding tert-OH is 6. The van der Waals surface area contributed by atoms with Crippen LogP contribution in [0, 0.1) is 41.0 Å². The Bertz CT molecular complexity index is 2940. The van der Waals surface area contributed by atoms with Gasteiger partial charge in [0.25, 0.3) is 0 Å². The summed E-state index contributed by atoms with van der Waals surface area (Å²) in [6.07, 6.45) is 10.1. The minimum Gasteiger partial charge on any atom is -0.652 e. The molecular weight excluding hydrogens is 1930 g/mol. The minimum atomic E-state index is -4.94. The van der Waals surface area contributed by atoms with Crippen molar-refractivity contribution >= 4 is 12.3 Å². The van der Waals surface area contributed by atoms with Gasteiger partial charge in [-0.2, -0.15) is 0 Å². The van der Waals surface area contributed by atoms with Crippen molar-refractivity contribution in [3.63, 3.8) is 0 Å². The minimum absolute atomic E-state index is 0. The average molecular weight is 2050 g/mol.